The number of hydrogen-bond acceptors (Lipinski definition) is 3. The highest BCUT2D eigenvalue weighted by Gasteiger charge is 2.00. The van der Waals surface area contributed by atoms with E-state index in [2.05, 4.69) is 24.1 Å². The number of nitrogens with one attached hydrogen (secondary N) is 1. The predicted octanol–water partition coefficient (Wildman–Crippen LogP) is 0.689. The van der Waals surface area contributed by atoms with Crippen LogP contribution in [0.15, 0.2) is 0 Å². The SMILES string of the molecule is CCCN(CC)CCNC[C@@H](C)O. The summed E-state index contributed by atoms with van der Waals surface area (Å²) in [6.45, 7) is 11.2. The molecule has 2 N–H and O–H groups in total. The van der Waals surface area contributed by atoms with Crippen molar-refractivity contribution >= 4 is 0 Å². The van der Waals surface area contributed by atoms with Gasteiger partial charge in [0.15, 0.2) is 0 Å². The van der Waals surface area contributed by atoms with Gasteiger partial charge in [-0.2, -0.15) is 0 Å². The van der Waals surface area contributed by atoms with Crippen molar-refractivity contribution in [2.75, 3.05) is 32.7 Å². The van der Waals surface area contributed by atoms with Gasteiger partial charge in [0.2, 0.25) is 0 Å². The Labute approximate surface area is 82.1 Å². The fourth-order valence-electron chi connectivity index (χ4n) is 1.29. The third kappa shape index (κ3) is 8.22. The van der Waals surface area contributed by atoms with Gasteiger partial charge in [-0.15, -0.1) is 0 Å². The first kappa shape index (κ1) is 12.9. The van der Waals surface area contributed by atoms with Crippen LogP contribution in [-0.2, 0) is 0 Å². The lowest BCUT2D eigenvalue weighted by atomic mass is 10.3. The molecule has 0 fully saturated rings. The lowest BCUT2D eigenvalue weighted by Crippen LogP contribution is -2.35. The number of hydrogen-bond donors (Lipinski definition) is 2. The summed E-state index contributed by atoms with van der Waals surface area (Å²) in [6, 6.07) is 0. The van der Waals surface area contributed by atoms with Gasteiger partial charge in [-0.1, -0.05) is 13.8 Å². The fourth-order valence-corrected chi connectivity index (χ4v) is 1.29. The zero-order chi connectivity index (χ0) is 10.1. The largest absolute Gasteiger partial charge is 0.392 e. The predicted molar refractivity (Wildman–Crippen MR) is 57.0 cm³/mol. The molecule has 1 atom stereocenters. The van der Waals surface area contributed by atoms with Crippen molar-refractivity contribution < 1.29 is 5.11 Å². The summed E-state index contributed by atoms with van der Waals surface area (Å²) in [5, 5.41) is 12.2. The summed E-state index contributed by atoms with van der Waals surface area (Å²) in [7, 11) is 0. The normalized spacial score (nSPS) is 13.6. The molecule has 0 saturated carbocycles. The van der Waals surface area contributed by atoms with Crippen LogP contribution in [0.25, 0.3) is 0 Å². The minimum atomic E-state index is -0.235. The van der Waals surface area contributed by atoms with E-state index in [1.54, 1.807) is 6.92 Å². The van der Waals surface area contributed by atoms with Crippen LogP contribution in [0.5, 0.6) is 0 Å². The van der Waals surface area contributed by atoms with Crippen molar-refractivity contribution in [1.82, 2.24) is 10.2 Å². The summed E-state index contributed by atoms with van der Waals surface area (Å²) in [6.07, 6.45) is 0.978. The summed E-state index contributed by atoms with van der Waals surface area (Å²) in [4.78, 5) is 2.41. The quantitative estimate of drug-likeness (QED) is 0.550. The number of rotatable bonds is 8. The molecule has 0 saturated heterocycles. The molecule has 0 aliphatic heterocycles. The molecule has 0 bridgehead atoms. The molecule has 0 aliphatic carbocycles. The third-order valence-electron chi connectivity index (χ3n) is 2.03. The van der Waals surface area contributed by atoms with Crippen LogP contribution < -0.4 is 5.32 Å². The van der Waals surface area contributed by atoms with Gasteiger partial charge in [-0.3, -0.25) is 0 Å². The maximum Gasteiger partial charge on any atom is 0.0636 e. The monoisotopic (exact) mass is 188 g/mol. The van der Waals surface area contributed by atoms with Crippen LogP contribution in [0.1, 0.15) is 27.2 Å². The first-order chi connectivity index (χ1) is 6.20. The molecule has 0 amide bonds. The average Bonchev–Trinajstić information content (AvgIpc) is 2.10. The van der Waals surface area contributed by atoms with Gasteiger partial charge in [0.25, 0.3) is 0 Å². The third-order valence-corrected chi connectivity index (χ3v) is 2.03. The van der Waals surface area contributed by atoms with E-state index < -0.39 is 0 Å². The topological polar surface area (TPSA) is 35.5 Å². The molecule has 0 aromatic carbocycles. The summed E-state index contributed by atoms with van der Waals surface area (Å²) < 4.78 is 0. The summed E-state index contributed by atoms with van der Waals surface area (Å²) in [5.41, 5.74) is 0. The van der Waals surface area contributed by atoms with Gasteiger partial charge in [-0.05, 0) is 26.4 Å². The first-order valence-corrected chi connectivity index (χ1v) is 5.31. The molecule has 3 nitrogen and oxygen atoms in total. The van der Waals surface area contributed by atoms with Crippen molar-refractivity contribution in [3.05, 3.63) is 0 Å². The molecule has 0 rings (SSSR count). The zero-order valence-corrected chi connectivity index (χ0v) is 9.21. The first-order valence-electron chi connectivity index (χ1n) is 5.31. The van der Waals surface area contributed by atoms with Crippen LogP contribution in [0.4, 0.5) is 0 Å². The molecule has 0 spiro atoms. The summed E-state index contributed by atoms with van der Waals surface area (Å²) in [5.74, 6) is 0. The van der Waals surface area contributed by atoms with E-state index in [1.807, 2.05) is 0 Å². The minimum absolute atomic E-state index is 0.235. The van der Waals surface area contributed by atoms with Crippen molar-refractivity contribution in [3.8, 4) is 0 Å². The van der Waals surface area contributed by atoms with Crippen molar-refractivity contribution in [2.45, 2.75) is 33.3 Å². The Hall–Kier alpha value is -0.120. The minimum Gasteiger partial charge on any atom is -0.392 e. The Morgan fingerprint density at radius 1 is 1.31 bits per heavy atom. The van der Waals surface area contributed by atoms with Crippen LogP contribution in [-0.4, -0.2) is 48.8 Å². The zero-order valence-electron chi connectivity index (χ0n) is 9.21. The highest BCUT2D eigenvalue weighted by atomic mass is 16.3. The van der Waals surface area contributed by atoms with Crippen LogP contribution in [0.2, 0.25) is 0 Å². The van der Waals surface area contributed by atoms with E-state index in [0.29, 0.717) is 6.54 Å². The van der Waals surface area contributed by atoms with Crippen molar-refractivity contribution in [3.63, 3.8) is 0 Å². The molecular weight excluding hydrogens is 164 g/mol. The average molecular weight is 188 g/mol. The molecule has 0 radical (unpaired) electrons. The lowest BCUT2D eigenvalue weighted by Gasteiger charge is -2.19. The van der Waals surface area contributed by atoms with Crippen molar-refractivity contribution in [1.29, 1.82) is 0 Å². The summed E-state index contributed by atoms with van der Waals surface area (Å²) >= 11 is 0. The number of likely N-dealkylation sites (N-methyl/N-ethyl adjacent to an activating group) is 1. The molecule has 0 unspecified atom stereocenters. The lowest BCUT2D eigenvalue weighted by molar-refractivity contribution is 0.188. The molecule has 13 heavy (non-hydrogen) atoms. The van der Waals surface area contributed by atoms with Gasteiger partial charge >= 0.3 is 0 Å². The van der Waals surface area contributed by atoms with Gasteiger partial charge < -0.3 is 15.3 Å². The van der Waals surface area contributed by atoms with Crippen molar-refractivity contribution in [2.24, 2.45) is 0 Å². The van der Waals surface area contributed by atoms with E-state index >= 15 is 0 Å². The Bertz CT molecular complexity index is 107. The second kappa shape index (κ2) is 8.48. The Morgan fingerprint density at radius 2 is 2.00 bits per heavy atom. The second-order valence-electron chi connectivity index (χ2n) is 3.49. The smallest absolute Gasteiger partial charge is 0.0636 e. The molecule has 3 heteroatoms. The van der Waals surface area contributed by atoms with Gasteiger partial charge in [-0.25, -0.2) is 0 Å². The van der Waals surface area contributed by atoms with Crippen LogP contribution in [0, 0.1) is 0 Å². The maximum atomic E-state index is 9.00. The fraction of sp³-hybridized carbons (Fsp3) is 1.00. The van der Waals surface area contributed by atoms with E-state index in [-0.39, 0.29) is 6.10 Å². The van der Waals surface area contributed by atoms with E-state index in [4.69, 9.17) is 5.11 Å². The van der Waals surface area contributed by atoms with E-state index in [0.717, 1.165) is 19.6 Å². The molecule has 0 heterocycles. The molecule has 0 aromatic heterocycles. The van der Waals surface area contributed by atoms with Gasteiger partial charge in [0.05, 0.1) is 6.10 Å². The number of aliphatic hydroxyl groups excluding tert-OH is 1. The number of nitrogens with zero attached hydrogens (tertiary/aromatic N) is 1. The Balaban J connectivity index is 3.27. The van der Waals surface area contributed by atoms with Gasteiger partial charge in [0, 0.05) is 19.6 Å². The highest BCUT2D eigenvalue weighted by molar-refractivity contribution is 4.58. The Morgan fingerprint density at radius 3 is 2.46 bits per heavy atom. The van der Waals surface area contributed by atoms with Crippen LogP contribution >= 0.6 is 0 Å². The van der Waals surface area contributed by atoms with Gasteiger partial charge in [0.1, 0.15) is 0 Å². The van der Waals surface area contributed by atoms with E-state index in [1.165, 1.54) is 13.0 Å². The maximum absolute atomic E-state index is 9.00. The highest BCUT2D eigenvalue weighted by Crippen LogP contribution is 1.88. The molecule has 0 aromatic rings. The molecular formula is C10H24N2O. The standard InChI is InChI=1S/C10H24N2O/c1-4-7-12(5-2)8-6-11-9-10(3)13/h10-11,13H,4-9H2,1-3H3/t10-/m1/s1. The molecule has 0 aliphatic rings. The van der Waals surface area contributed by atoms with Crippen LogP contribution in [0.3, 0.4) is 0 Å². The second-order valence-corrected chi connectivity index (χ2v) is 3.49. The molecule has 80 valence electrons. The van der Waals surface area contributed by atoms with E-state index in [9.17, 15) is 0 Å². The Kier molecular flexibility index (Phi) is 8.40. The number of aliphatic hydroxyl groups is 1.